The Morgan fingerprint density at radius 1 is 1.24 bits per heavy atom. The second-order valence-electron chi connectivity index (χ2n) is 5.94. The Kier molecular flexibility index (Phi) is 5.11. The zero-order chi connectivity index (χ0) is 17.9. The molecule has 25 heavy (non-hydrogen) atoms. The maximum absolute atomic E-state index is 12.9. The molecule has 0 spiro atoms. The molecule has 0 aliphatic carbocycles. The largest absolute Gasteiger partial charge is 0.458 e. The van der Waals surface area contributed by atoms with E-state index in [1.165, 1.54) is 23.9 Å². The summed E-state index contributed by atoms with van der Waals surface area (Å²) in [5, 5.41) is 14.2. The summed E-state index contributed by atoms with van der Waals surface area (Å²) in [4.78, 5) is 12.8. The summed E-state index contributed by atoms with van der Waals surface area (Å²) in [6.45, 7) is 1.63. The van der Waals surface area contributed by atoms with Crippen LogP contribution in [0.3, 0.4) is 0 Å². The number of hydrogen-bond donors (Lipinski definition) is 2. The first-order valence-corrected chi connectivity index (χ1v) is 8.79. The first kappa shape index (κ1) is 17.5. The molecule has 0 bridgehead atoms. The molecular formula is C19H18FNO3S. The Morgan fingerprint density at radius 2 is 1.96 bits per heavy atom. The van der Waals surface area contributed by atoms with Gasteiger partial charge in [-0.05, 0) is 43.3 Å². The van der Waals surface area contributed by atoms with E-state index in [4.69, 9.17) is 4.42 Å². The number of amides is 1. The minimum atomic E-state index is -1.31. The van der Waals surface area contributed by atoms with Crippen molar-refractivity contribution in [2.75, 3.05) is 12.3 Å². The predicted molar refractivity (Wildman–Crippen MR) is 95.9 cm³/mol. The number of furan rings is 1. The van der Waals surface area contributed by atoms with Crippen LogP contribution in [0.5, 0.6) is 0 Å². The van der Waals surface area contributed by atoms with Crippen LogP contribution in [-0.2, 0) is 10.4 Å². The monoisotopic (exact) mass is 359 g/mol. The molecular weight excluding hydrogens is 341 g/mol. The summed E-state index contributed by atoms with van der Waals surface area (Å²) < 4.78 is 18.5. The molecule has 0 radical (unpaired) electrons. The lowest BCUT2D eigenvalue weighted by Crippen LogP contribution is -2.39. The van der Waals surface area contributed by atoms with Crippen LogP contribution >= 0.6 is 11.8 Å². The fourth-order valence-corrected chi connectivity index (χ4v) is 3.06. The average Bonchev–Trinajstić information content (AvgIpc) is 3.05. The van der Waals surface area contributed by atoms with Gasteiger partial charge >= 0.3 is 0 Å². The highest BCUT2D eigenvalue weighted by Crippen LogP contribution is 2.27. The molecule has 3 rings (SSSR count). The van der Waals surface area contributed by atoms with Crippen molar-refractivity contribution in [3.05, 3.63) is 66.2 Å². The normalized spacial score (nSPS) is 13.6. The third-order valence-electron chi connectivity index (χ3n) is 3.77. The Hall–Kier alpha value is -2.31. The molecule has 2 aromatic carbocycles. The summed E-state index contributed by atoms with van der Waals surface area (Å²) >= 11 is 1.30. The number of halogens is 1. The van der Waals surface area contributed by atoms with Gasteiger partial charge in [0.05, 0.1) is 12.3 Å². The predicted octanol–water partition coefficient (Wildman–Crippen LogP) is 3.69. The number of nitrogens with one attached hydrogen (secondary N) is 1. The summed E-state index contributed by atoms with van der Waals surface area (Å²) in [5.41, 5.74) is -0.620. The molecule has 0 saturated heterocycles. The van der Waals surface area contributed by atoms with Crippen LogP contribution in [0.4, 0.5) is 4.39 Å². The standard InChI is InChI=1S/C19H18FNO3S/c1-19(23,17-10-13-4-2-3-5-16(13)24-17)12-21-18(22)11-25-15-8-6-14(20)7-9-15/h2-10,23H,11-12H2,1H3,(H,21,22)/t19-/m1/s1. The van der Waals surface area contributed by atoms with Crippen LogP contribution < -0.4 is 5.32 Å². The smallest absolute Gasteiger partial charge is 0.230 e. The van der Waals surface area contributed by atoms with Gasteiger partial charge in [-0.1, -0.05) is 18.2 Å². The zero-order valence-electron chi connectivity index (χ0n) is 13.7. The van der Waals surface area contributed by atoms with Crippen molar-refractivity contribution in [3.8, 4) is 0 Å². The van der Waals surface area contributed by atoms with E-state index >= 15 is 0 Å². The van der Waals surface area contributed by atoms with Crippen LogP contribution in [0.1, 0.15) is 12.7 Å². The van der Waals surface area contributed by atoms with Crippen LogP contribution in [0.2, 0.25) is 0 Å². The second-order valence-corrected chi connectivity index (χ2v) is 6.99. The summed E-state index contributed by atoms with van der Waals surface area (Å²) in [5.74, 6) is 0.0588. The number of thioether (sulfide) groups is 1. The van der Waals surface area contributed by atoms with Crippen LogP contribution in [0, 0.1) is 5.82 Å². The SMILES string of the molecule is C[C@@](O)(CNC(=O)CSc1ccc(F)cc1)c1cc2ccccc2o1. The van der Waals surface area contributed by atoms with Gasteiger partial charge in [-0.25, -0.2) is 4.39 Å². The first-order chi connectivity index (χ1) is 11.9. The minimum Gasteiger partial charge on any atom is -0.458 e. The zero-order valence-corrected chi connectivity index (χ0v) is 14.5. The molecule has 130 valence electrons. The van der Waals surface area contributed by atoms with E-state index in [2.05, 4.69) is 5.32 Å². The number of carbonyl (C=O) groups excluding carboxylic acids is 1. The number of para-hydroxylation sites is 1. The Morgan fingerprint density at radius 3 is 2.68 bits per heavy atom. The van der Waals surface area contributed by atoms with Crippen molar-refractivity contribution < 1.29 is 18.7 Å². The van der Waals surface area contributed by atoms with Gasteiger partial charge in [-0.15, -0.1) is 11.8 Å². The highest BCUT2D eigenvalue weighted by Gasteiger charge is 2.28. The van der Waals surface area contributed by atoms with Gasteiger partial charge in [0.25, 0.3) is 0 Å². The van der Waals surface area contributed by atoms with Crippen LogP contribution in [-0.4, -0.2) is 23.3 Å². The molecule has 6 heteroatoms. The van der Waals surface area contributed by atoms with E-state index in [9.17, 15) is 14.3 Å². The third kappa shape index (κ3) is 4.41. The summed E-state index contributed by atoms with van der Waals surface area (Å²) in [6, 6.07) is 15.2. The molecule has 0 aliphatic heterocycles. The maximum Gasteiger partial charge on any atom is 0.230 e. The molecule has 1 heterocycles. The minimum absolute atomic E-state index is 0.0373. The molecule has 2 N–H and O–H groups in total. The number of benzene rings is 2. The lowest BCUT2D eigenvalue weighted by atomic mass is 10.0. The lowest BCUT2D eigenvalue weighted by Gasteiger charge is -2.21. The molecule has 1 amide bonds. The summed E-state index contributed by atoms with van der Waals surface area (Å²) in [7, 11) is 0. The number of hydrogen-bond acceptors (Lipinski definition) is 4. The molecule has 0 saturated carbocycles. The Bertz CT molecular complexity index is 841. The van der Waals surface area contributed by atoms with Gasteiger partial charge in [-0.3, -0.25) is 4.79 Å². The summed E-state index contributed by atoms with van der Waals surface area (Å²) in [6.07, 6.45) is 0. The fourth-order valence-electron chi connectivity index (χ4n) is 2.34. The highest BCUT2D eigenvalue weighted by molar-refractivity contribution is 8.00. The van der Waals surface area contributed by atoms with Crippen LogP contribution in [0.15, 0.2) is 63.9 Å². The third-order valence-corrected chi connectivity index (χ3v) is 4.78. The van der Waals surface area contributed by atoms with E-state index in [1.54, 1.807) is 25.1 Å². The molecule has 1 aromatic heterocycles. The molecule has 0 unspecified atom stereocenters. The lowest BCUT2D eigenvalue weighted by molar-refractivity contribution is -0.119. The van der Waals surface area contributed by atoms with Gasteiger partial charge in [0.2, 0.25) is 5.91 Å². The van der Waals surface area contributed by atoms with E-state index in [0.29, 0.717) is 11.3 Å². The van der Waals surface area contributed by atoms with E-state index in [0.717, 1.165) is 10.3 Å². The average molecular weight is 359 g/mol. The van der Waals surface area contributed by atoms with Crippen molar-refractivity contribution in [1.29, 1.82) is 0 Å². The molecule has 3 aromatic rings. The number of fused-ring (bicyclic) bond motifs is 1. The van der Waals surface area contributed by atoms with Crippen molar-refractivity contribution >= 4 is 28.6 Å². The number of rotatable bonds is 6. The highest BCUT2D eigenvalue weighted by atomic mass is 32.2. The van der Waals surface area contributed by atoms with E-state index < -0.39 is 5.60 Å². The fraction of sp³-hybridized carbons (Fsp3) is 0.211. The van der Waals surface area contributed by atoms with Crippen molar-refractivity contribution in [2.24, 2.45) is 0 Å². The van der Waals surface area contributed by atoms with Gasteiger partial charge < -0.3 is 14.8 Å². The first-order valence-electron chi connectivity index (χ1n) is 7.80. The maximum atomic E-state index is 12.9. The molecule has 0 fully saturated rings. The molecule has 1 atom stereocenters. The number of aliphatic hydroxyl groups is 1. The quantitative estimate of drug-likeness (QED) is 0.659. The van der Waals surface area contributed by atoms with E-state index in [-0.39, 0.29) is 24.0 Å². The van der Waals surface area contributed by atoms with Crippen LogP contribution in [0.25, 0.3) is 11.0 Å². The van der Waals surface area contributed by atoms with Crippen molar-refractivity contribution in [2.45, 2.75) is 17.4 Å². The van der Waals surface area contributed by atoms with Gasteiger partial charge in [-0.2, -0.15) is 0 Å². The Balaban J connectivity index is 1.55. The van der Waals surface area contributed by atoms with Gasteiger partial charge in [0.15, 0.2) is 0 Å². The van der Waals surface area contributed by atoms with Crippen molar-refractivity contribution in [3.63, 3.8) is 0 Å². The molecule has 0 aliphatic rings. The Labute approximate surface area is 149 Å². The second kappa shape index (κ2) is 7.29. The molecule has 4 nitrogen and oxygen atoms in total. The topological polar surface area (TPSA) is 62.5 Å². The van der Waals surface area contributed by atoms with Crippen molar-refractivity contribution in [1.82, 2.24) is 5.32 Å². The number of carbonyl (C=O) groups is 1. The van der Waals surface area contributed by atoms with Gasteiger partial charge in [0.1, 0.15) is 22.8 Å². The van der Waals surface area contributed by atoms with E-state index in [1.807, 2.05) is 24.3 Å². The van der Waals surface area contributed by atoms with Gasteiger partial charge in [0, 0.05) is 10.3 Å².